The monoisotopic (exact) mass is 535 g/mol. The molecule has 1 aliphatic rings. The molecule has 2 aromatic rings. The Morgan fingerprint density at radius 1 is 0.872 bits per heavy atom. The van der Waals surface area contributed by atoms with Crippen molar-refractivity contribution in [3.05, 3.63) is 71.8 Å². The first-order valence-electron chi connectivity index (χ1n) is 14.1. The van der Waals surface area contributed by atoms with E-state index in [1.54, 1.807) is 25.7 Å². The highest BCUT2D eigenvalue weighted by atomic mass is 16.6. The Kier molecular flexibility index (Phi) is 10.2. The summed E-state index contributed by atoms with van der Waals surface area (Å²) >= 11 is 0. The summed E-state index contributed by atoms with van der Waals surface area (Å²) < 4.78 is 5.51. The van der Waals surface area contributed by atoms with Crippen LogP contribution in [0.5, 0.6) is 0 Å². The SMILES string of the molecule is CC(C)(C)OC(=O)NC(Cc1ccccc1)C(=O)N(C(C(=O)NC1CCCCC1)c1ccccc1)C(C)(C)C. The largest absolute Gasteiger partial charge is 0.444 e. The molecule has 0 heterocycles. The molecule has 1 saturated carbocycles. The maximum absolute atomic E-state index is 14.5. The Balaban J connectivity index is 2.01. The lowest BCUT2D eigenvalue weighted by Gasteiger charge is -2.43. The van der Waals surface area contributed by atoms with Gasteiger partial charge in [-0.05, 0) is 65.5 Å². The predicted octanol–water partition coefficient (Wildman–Crippen LogP) is 5.94. The summed E-state index contributed by atoms with van der Waals surface area (Å²) in [7, 11) is 0. The fraction of sp³-hybridized carbons (Fsp3) is 0.531. The molecule has 3 rings (SSSR count). The van der Waals surface area contributed by atoms with Gasteiger partial charge in [-0.1, -0.05) is 79.9 Å². The number of rotatable bonds is 8. The van der Waals surface area contributed by atoms with Crippen molar-refractivity contribution in [2.45, 2.75) is 109 Å². The molecule has 39 heavy (non-hydrogen) atoms. The Morgan fingerprint density at radius 3 is 1.97 bits per heavy atom. The minimum absolute atomic E-state index is 0.0920. The Hall–Kier alpha value is -3.35. The number of benzene rings is 2. The molecule has 0 spiro atoms. The van der Waals surface area contributed by atoms with Crippen LogP contribution in [0.3, 0.4) is 0 Å². The molecule has 0 aliphatic heterocycles. The molecule has 2 aromatic carbocycles. The van der Waals surface area contributed by atoms with Crippen LogP contribution in [-0.4, -0.2) is 46.0 Å². The van der Waals surface area contributed by atoms with E-state index in [-0.39, 0.29) is 24.3 Å². The summed E-state index contributed by atoms with van der Waals surface area (Å²) in [5.74, 6) is -0.544. The zero-order valence-corrected chi connectivity index (χ0v) is 24.3. The van der Waals surface area contributed by atoms with Crippen molar-refractivity contribution in [3.8, 4) is 0 Å². The quantitative estimate of drug-likeness (QED) is 0.438. The van der Waals surface area contributed by atoms with Gasteiger partial charge in [0, 0.05) is 18.0 Å². The van der Waals surface area contributed by atoms with Crippen LogP contribution in [0, 0.1) is 0 Å². The van der Waals surface area contributed by atoms with Gasteiger partial charge in [-0.3, -0.25) is 9.59 Å². The number of ether oxygens (including phenoxy) is 1. The highest BCUT2D eigenvalue weighted by molar-refractivity contribution is 5.93. The van der Waals surface area contributed by atoms with Gasteiger partial charge in [-0.25, -0.2) is 4.79 Å². The molecule has 1 aliphatic carbocycles. The topological polar surface area (TPSA) is 87.7 Å². The summed E-state index contributed by atoms with van der Waals surface area (Å²) in [6.07, 6.45) is 4.81. The molecule has 212 valence electrons. The summed E-state index contributed by atoms with van der Waals surface area (Å²) in [6.45, 7) is 11.1. The molecular formula is C32H45N3O4. The van der Waals surface area contributed by atoms with E-state index in [1.165, 1.54) is 6.42 Å². The number of nitrogens with one attached hydrogen (secondary N) is 2. The maximum atomic E-state index is 14.5. The average molecular weight is 536 g/mol. The van der Waals surface area contributed by atoms with Crippen molar-refractivity contribution in [3.63, 3.8) is 0 Å². The van der Waals surface area contributed by atoms with Crippen molar-refractivity contribution in [2.24, 2.45) is 0 Å². The molecule has 0 bridgehead atoms. The minimum Gasteiger partial charge on any atom is -0.444 e. The number of carbonyl (C=O) groups is 3. The molecule has 2 N–H and O–H groups in total. The second kappa shape index (κ2) is 13.1. The number of alkyl carbamates (subject to hydrolysis) is 1. The van der Waals surface area contributed by atoms with Crippen molar-refractivity contribution in [1.82, 2.24) is 15.5 Å². The van der Waals surface area contributed by atoms with E-state index in [0.717, 1.165) is 36.8 Å². The van der Waals surface area contributed by atoms with Gasteiger partial charge in [0.15, 0.2) is 0 Å². The van der Waals surface area contributed by atoms with E-state index >= 15 is 0 Å². The normalized spacial score (nSPS) is 16.1. The number of carbonyl (C=O) groups excluding carboxylic acids is 3. The van der Waals surface area contributed by atoms with Gasteiger partial charge in [-0.2, -0.15) is 0 Å². The van der Waals surface area contributed by atoms with E-state index in [9.17, 15) is 14.4 Å². The van der Waals surface area contributed by atoms with E-state index < -0.39 is 29.3 Å². The fourth-order valence-corrected chi connectivity index (χ4v) is 5.09. The first kappa shape index (κ1) is 30.2. The fourth-order valence-electron chi connectivity index (χ4n) is 5.09. The second-order valence-corrected chi connectivity index (χ2v) is 12.4. The van der Waals surface area contributed by atoms with Crippen molar-refractivity contribution in [1.29, 1.82) is 0 Å². The number of hydrogen-bond acceptors (Lipinski definition) is 4. The minimum atomic E-state index is -0.935. The molecule has 7 heteroatoms. The Morgan fingerprint density at radius 2 is 1.44 bits per heavy atom. The highest BCUT2D eigenvalue weighted by Gasteiger charge is 2.42. The van der Waals surface area contributed by atoms with Crippen LogP contribution in [0.25, 0.3) is 0 Å². The van der Waals surface area contributed by atoms with Crippen LogP contribution < -0.4 is 10.6 Å². The lowest BCUT2D eigenvalue weighted by molar-refractivity contribution is -0.148. The van der Waals surface area contributed by atoms with E-state index in [0.29, 0.717) is 0 Å². The van der Waals surface area contributed by atoms with Crippen molar-refractivity contribution < 1.29 is 19.1 Å². The third kappa shape index (κ3) is 9.12. The predicted molar refractivity (Wildman–Crippen MR) is 154 cm³/mol. The van der Waals surface area contributed by atoms with Crippen LogP contribution in [0.2, 0.25) is 0 Å². The van der Waals surface area contributed by atoms with Crippen molar-refractivity contribution in [2.75, 3.05) is 0 Å². The smallest absolute Gasteiger partial charge is 0.408 e. The zero-order chi connectivity index (χ0) is 28.6. The summed E-state index contributed by atoms with van der Waals surface area (Å²) in [5, 5.41) is 6.06. The van der Waals surface area contributed by atoms with Crippen LogP contribution >= 0.6 is 0 Å². The number of hydrogen-bond donors (Lipinski definition) is 2. The zero-order valence-electron chi connectivity index (χ0n) is 24.3. The van der Waals surface area contributed by atoms with Crippen LogP contribution in [0.15, 0.2) is 60.7 Å². The van der Waals surface area contributed by atoms with Gasteiger partial charge in [0.2, 0.25) is 11.8 Å². The molecule has 7 nitrogen and oxygen atoms in total. The first-order valence-corrected chi connectivity index (χ1v) is 14.1. The summed E-state index contributed by atoms with van der Waals surface area (Å²) in [6, 6.07) is 17.2. The van der Waals surface area contributed by atoms with Crippen LogP contribution in [0.4, 0.5) is 4.79 Å². The number of nitrogens with zero attached hydrogens (tertiary/aromatic N) is 1. The van der Waals surface area contributed by atoms with Gasteiger partial charge in [-0.15, -0.1) is 0 Å². The Labute approximate surface area is 233 Å². The lowest BCUT2D eigenvalue weighted by atomic mass is 9.92. The molecule has 0 saturated heterocycles. The second-order valence-electron chi connectivity index (χ2n) is 12.4. The van der Waals surface area contributed by atoms with Crippen molar-refractivity contribution >= 4 is 17.9 Å². The molecular weight excluding hydrogens is 490 g/mol. The first-order chi connectivity index (χ1) is 18.3. The van der Waals surface area contributed by atoms with Gasteiger partial charge in [0.25, 0.3) is 0 Å². The van der Waals surface area contributed by atoms with Gasteiger partial charge in [0.1, 0.15) is 17.7 Å². The molecule has 2 unspecified atom stereocenters. The third-order valence-electron chi connectivity index (χ3n) is 6.81. The standard InChI is InChI=1S/C32H45N3O4/c1-31(2,3)35(27(24-18-12-8-13-19-24)28(36)33-25-20-14-9-15-21-25)29(37)26(22-23-16-10-7-11-17-23)34-30(38)39-32(4,5)6/h7-8,10-13,16-19,25-27H,9,14-15,20-22H2,1-6H3,(H,33,36)(H,34,38). The molecule has 1 fully saturated rings. The highest BCUT2D eigenvalue weighted by Crippen LogP contribution is 2.31. The van der Waals surface area contributed by atoms with Crippen LogP contribution in [-0.2, 0) is 20.7 Å². The Bertz CT molecular complexity index is 1080. The van der Waals surface area contributed by atoms with E-state index in [2.05, 4.69) is 10.6 Å². The third-order valence-corrected chi connectivity index (χ3v) is 6.81. The summed E-state index contributed by atoms with van der Waals surface area (Å²) in [5.41, 5.74) is 0.167. The van der Waals surface area contributed by atoms with Gasteiger partial charge < -0.3 is 20.3 Å². The summed E-state index contributed by atoms with van der Waals surface area (Å²) in [4.78, 5) is 43.0. The van der Waals surface area contributed by atoms with Gasteiger partial charge >= 0.3 is 6.09 Å². The lowest BCUT2D eigenvalue weighted by Crippen LogP contribution is -2.59. The maximum Gasteiger partial charge on any atom is 0.408 e. The molecule has 0 aromatic heterocycles. The van der Waals surface area contributed by atoms with Gasteiger partial charge in [0.05, 0.1) is 0 Å². The van der Waals surface area contributed by atoms with E-state index in [1.807, 2.05) is 81.4 Å². The molecule has 0 radical (unpaired) electrons. The molecule has 3 amide bonds. The van der Waals surface area contributed by atoms with Crippen LogP contribution in [0.1, 0.15) is 90.8 Å². The average Bonchev–Trinajstić information content (AvgIpc) is 2.86. The molecule has 2 atom stereocenters. The van der Waals surface area contributed by atoms with E-state index in [4.69, 9.17) is 4.74 Å². The number of amides is 3.